The first-order valence-corrected chi connectivity index (χ1v) is 6.49. The van der Waals surface area contributed by atoms with Crippen LogP contribution in [0.2, 0.25) is 0 Å². The number of carbonyl (C=O) groups excluding carboxylic acids is 1. The van der Waals surface area contributed by atoms with E-state index in [1.165, 1.54) is 18.2 Å². The molecule has 0 aliphatic carbocycles. The van der Waals surface area contributed by atoms with Gasteiger partial charge in [-0.15, -0.1) is 0 Å². The van der Waals surface area contributed by atoms with Crippen LogP contribution < -0.4 is 0 Å². The molecule has 0 aliphatic heterocycles. The Kier molecular flexibility index (Phi) is 6.53. The Bertz CT molecular complexity index is 406. The largest absolute Gasteiger partial charge is 0.389 e. The zero-order chi connectivity index (χ0) is 14.3. The van der Waals surface area contributed by atoms with Crippen molar-refractivity contribution in [2.24, 2.45) is 0 Å². The van der Waals surface area contributed by atoms with Crippen molar-refractivity contribution in [3.05, 3.63) is 35.4 Å². The fourth-order valence-electron chi connectivity index (χ4n) is 1.97. The molecule has 4 heteroatoms. The van der Waals surface area contributed by atoms with Crippen molar-refractivity contribution >= 4 is 5.91 Å². The van der Waals surface area contributed by atoms with Gasteiger partial charge in [0.1, 0.15) is 0 Å². The quantitative estimate of drug-likeness (QED) is 0.810. The van der Waals surface area contributed by atoms with Crippen molar-refractivity contribution in [3.63, 3.8) is 0 Å². The van der Waals surface area contributed by atoms with E-state index in [9.17, 15) is 9.90 Å². The van der Waals surface area contributed by atoms with Gasteiger partial charge in [-0.3, -0.25) is 4.79 Å². The van der Waals surface area contributed by atoms with Gasteiger partial charge in [0.25, 0.3) is 0 Å². The molecule has 0 aliphatic rings. The van der Waals surface area contributed by atoms with E-state index in [-0.39, 0.29) is 12.5 Å². The third-order valence-corrected chi connectivity index (χ3v) is 2.98. The van der Waals surface area contributed by atoms with Crippen molar-refractivity contribution in [2.45, 2.75) is 25.9 Å². The van der Waals surface area contributed by atoms with Crippen LogP contribution in [0.5, 0.6) is 0 Å². The van der Waals surface area contributed by atoms with E-state index in [2.05, 4.69) is 6.07 Å². The molecule has 0 fully saturated rings. The minimum absolute atomic E-state index is 0.0386. The number of hydrogen-bond acceptors (Lipinski definition) is 3. The Labute approximate surface area is 115 Å². The molecule has 19 heavy (non-hydrogen) atoms. The number of likely N-dealkylation sites (N-methyl/N-ethyl adjacent to an activating group) is 1. The minimum Gasteiger partial charge on any atom is -0.389 e. The molecule has 0 saturated carbocycles. The van der Waals surface area contributed by atoms with Gasteiger partial charge in [-0.25, -0.2) is 0 Å². The maximum absolute atomic E-state index is 11.9. The Morgan fingerprint density at radius 3 is 2.84 bits per heavy atom. The molecule has 1 atom stereocenters. The Hall–Kier alpha value is -1.39. The molecule has 0 heterocycles. The summed E-state index contributed by atoms with van der Waals surface area (Å²) in [6, 6.07) is 8.16. The maximum Gasteiger partial charge on any atom is 0.222 e. The lowest BCUT2D eigenvalue weighted by atomic mass is 10.1. The SMILES string of the molecule is COCC(O)CN(C)C(=O)CCc1cccc(C)c1. The van der Waals surface area contributed by atoms with Crippen molar-refractivity contribution < 1.29 is 14.6 Å². The third-order valence-electron chi connectivity index (χ3n) is 2.98. The number of benzene rings is 1. The molecule has 0 radical (unpaired) electrons. The highest BCUT2D eigenvalue weighted by atomic mass is 16.5. The second kappa shape index (κ2) is 7.92. The Balaban J connectivity index is 2.38. The van der Waals surface area contributed by atoms with Crippen molar-refractivity contribution in [1.29, 1.82) is 0 Å². The van der Waals surface area contributed by atoms with Crippen LogP contribution in [0.3, 0.4) is 0 Å². The van der Waals surface area contributed by atoms with Gasteiger partial charge in [-0.2, -0.15) is 0 Å². The number of amides is 1. The number of rotatable bonds is 7. The van der Waals surface area contributed by atoms with E-state index < -0.39 is 6.10 Å². The minimum atomic E-state index is -0.627. The van der Waals surface area contributed by atoms with E-state index >= 15 is 0 Å². The summed E-state index contributed by atoms with van der Waals surface area (Å²) < 4.78 is 4.84. The highest BCUT2D eigenvalue weighted by Gasteiger charge is 2.13. The number of aliphatic hydroxyl groups excluding tert-OH is 1. The number of aliphatic hydroxyl groups is 1. The lowest BCUT2D eigenvalue weighted by molar-refractivity contribution is -0.131. The van der Waals surface area contributed by atoms with Gasteiger partial charge in [0.05, 0.1) is 12.7 Å². The molecule has 0 spiro atoms. The van der Waals surface area contributed by atoms with Crippen LogP contribution in [0.25, 0.3) is 0 Å². The molecule has 1 N–H and O–H groups in total. The molecular weight excluding hydrogens is 242 g/mol. The molecule has 1 unspecified atom stereocenters. The fourth-order valence-corrected chi connectivity index (χ4v) is 1.97. The lowest BCUT2D eigenvalue weighted by Crippen LogP contribution is -2.36. The summed E-state index contributed by atoms with van der Waals surface area (Å²) >= 11 is 0. The monoisotopic (exact) mass is 265 g/mol. The van der Waals surface area contributed by atoms with E-state index in [4.69, 9.17) is 4.74 Å². The van der Waals surface area contributed by atoms with Crippen LogP contribution in [0, 0.1) is 6.92 Å². The maximum atomic E-state index is 11.9. The Morgan fingerprint density at radius 2 is 2.21 bits per heavy atom. The first-order valence-electron chi connectivity index (χ1n) is 6.49. The molecule has 1 aromatic carbocycles. The summed E-state index contributed by atoms with van der Waals surface area (Å²) in [7, 11) is 3.24. The van der Waals surface area contributed by atoms with Gasteiger partial charge < -0.3 is 14.7 Å². The summed E-state index contributed by atoms with van der Waals surface area (Å²) in [5.41, 5.74) is 2.37. The number of ether oxygens (including phenoxy) is 1. The number of nitrogens with zero attached hydrogens (tertiary/aromatic N) is 1. The number of aryl methyl sites for hydroxylation is 2. The van der Waals surface area contributed by atoms with Crippen molar-refractivity contribution in [3.8, 4) is 0 Å². The molecule has 1 rings (SSSR count). The zero-order valence-corrected chi connectivity index (χ0v) is 11.9. The number of methoxy groups -OCH3 is 1. The molecule has 0 bridgehead atoms. The van der Waals surface area contributed by atoms with E-state index in [0.717, 1.165) is 6.42 Å². The zero-order valence-electron chi connectivity index (χ0n) is 11.9. The normalized spacial score (nSPS) is 12.2. The van der Waals surface area contributed by atoms with Crippen molar-refractivity contribution in [2.75, 3.05) is 27.3 Å². The summed E-state index contributed by atoms with van der Waals surface area (Å²) in [6.45, 7) is 2.59. The van der Waals surface area contributed by atoms with E-state index in [1.54, 1.807) is 11.9 Å². The smallest absolute Gasteiger partial charge is 0.222 e. The number of hydrogen-bond donors (Lipinski definition) is 1. The summed E-state index contributed by atoms with van der Waals surface area (Å²) in [4.78, 5) is 13.5. The average Bonchev–Trinajstić information content (AvgIpc) is 2.36. The first-order chi connectivity index (χ1) is 9.02. The average molecular weight is 265 g/mol. The van der Waals surface area contributed by atoms with Gasteiger partial charge in [-0.1, -0.05) is 29.8 Å². The van der Waals surface area contributed by atoms with Crippen LogP contribution in [-0.2, 0) is 16.0 Å². The second-order valence-corrected chi connectivity index (χ2v) is 4.87. The van der Waals surface area contributed by atoms with Crippen LogP contribution in [-0.4, -0.2) is 49.3 Å². The van der Waals surface area contributed by atoms with Crippen LogP contribution in [0.4, 0.5) is 0 Å². The van der Waals surface area contributed by atoms with E-state index in [0.29, 0.717) is 13.0 Å². The lowest BCUT2D eigenvalue weighted by Gasteiger charge is -2.20. The number of carbonyl (C=O) groups is 1. The standard InChI is InChI=1S/C15H23NO3/c1-12-5-4-6-13(9-12)7-8-15(18)16(2)10-14(17)11-19-3/h4-6,9,14,17H,7-8,10-11H2,1-3H3. The van der Waals surface area contributed by atoms with Crippen molar-refractivity contribution in [1.82, 2.24) is 4.90 Å². The van der Waals surface area contributed by atoms with Gasteiger partial charge >= 0.3 is 0 Å². The van der Waals surface area contributed by atoms with Gasteiger partial charge in [0, 0.05) is 27.1 Å². The molecule has 1 amide bonds. The first kappa shape index (κ1) is 15.7. The molecule has 0 aromatic heterocycles. The molecular formula is C15H23NO3. The summed E-state index contributed by atoms with van der Waals surface area (Å²) in [6.07, 6.45) is 0.558. The topological polar surface area (TPSA) is 49.8 Å². The molecule has 0 saturated heterocycles. The molecule has 1 aromatic rings. The van der Waals surface area contributed by atoms with Crippen LogP contribution >= 0.6 is 0 Å². The highest BCUT2D eigenvalue weighted by molar-refractivity contribution is 5.76. The summed E-state index contributed by atoms with van der Waals surface area (Å²) in [5.74, 6) is 0.0386. The highest BCUT2D eigenvalue weighted by Crippen LogP contribution is 2.07. The predicted octanol–water partition coefficient (Wildman–Crippen LogP) is 1.39. The summed E-state index contributed by atoms with van der Waals surface area (Å²) in [5, 5.41) is 9.57. The van der Waals surface area contributed by atoms with Gasteiger partial charge in [0.2, 0.25) is 5.91 Å². The molecule has 4 nitrogen and oxygen atoms in total. The molecule has 106 valence electrons. The third kappa shape index (κ3) is 5.85. The van der Waals surface area contributed by atoms with Crippen LogP contribution in [0.15, 0.2) is 24.3 Å². The fraction of sp³-hybridized carbons (Fsp3) is 0.533. The van der Waals surface area contributed by atoms with E-state index in [1.807, 2.05) is 25.1 Å². The van der Waals surface area contributed by atoms with Crippen LogP contribution in [0.1, 0.15) is 17.5 Å². The van der Waals surface area contributed by atoms with Gasteiger partial charge in [0.15, 0.2) is 0 Å². The predicted molar refractivity (Wildman–Crippen MR) is 75.0 cm³/mol. The second-order valence-electron chi connectivity index (χ2n) is 4.87. The van der Waals surface area contributed by atoms with Gasteiger partial charge in [-0.05, 0) is 18.9 Å². The Morgan fingerprint density at radius 1 is 1.47 bits per heavy atom.